The summed E-state index contributed by atoms with van der Waals surface area (Å²) in [6.07, 6.45) is 0. The monoisotopic (exact) mass is 225 g/mol. The van der Waals surface area contributed by atoms with E-state index in [0.29, 0.717) is 23.0 Å². The Morgan fingerprint density at radius 1 is 1.47 bits per heavy atom. The molecule has 1 aromatic carbocycles. The average molecular weight is 226 g/mol. The van der Waals surface area contributed by atoms with Crippen molar-refractivity contribution in [3.8, 4) is 0 Å². The summed E-state index contributed by atoms with van der Waals surface area (Å²) in [4.78, 5) is 11.7. The van der Waals surface area contributed by atoms with Crippen molar-refractivity contribution >= 4 is 17.5 Å². The van der Waals surface area contributed by atoms with E-state index in [1.54, 1.807) is 12.1 Å². The first-order chi connectivity index (χ1) is 7.00. The average Bonchev–Trinajstić information content (AvgIpc) is 2.14. The molecule has 0 saturated carbocycles. The van der Waals surface area contributed by atoms with Crippen molar-refractivity contribution in [2.45, 2.75) is 20.8 Å². The second-order valence-electron chi connectivity index (χ2n) is 4.09. The minimum atomic E-state index is -0.103. The summed E-state index contributed by atoms with van der Waals surface area (Å²) in [5.74, 6) is 0.340. The van der Waals surface area contributed by atoms with Crippen molar-refractivity contribution in [2.24, 2.45) is 5.92 Å². The minimum absolute atomic E-state index is 0.103. The first-order valence-electron chi connectivity index (χ1n) is 5.05. The van der Waals surface area contributed by atoms with Crippen LogP contribution in [0.3, 0.4) is 0 Å². The van der Waals surface area contributed by atoms with Crippen molar-refractivity contribution in [3.63, 3.8) is 0 Å². The van der Waals surface area contributed by atoms with Crippen molar-refractivity contribution < 1.29 is 4.79 Å². The molecular formula is C12H16ClNO. The van der Waals surface area contributed by atoms with Crippen LogP contribution in [0.15, 0.2) is 18.2 Å². The first-order valence-corrected chi connectivity index (χ1v) is 5.43. The van der Waals surface area contributed by atoms with E-state index in [4.69, 9.17) is 11.6 Å². The molecule has 0 saturated heterocycles. The maximum absolute atomic E-state index is 11.7. The summed E-state index contributed by atoms with van der Waals surface area (Å²) in [5.41, 5.74) is 1.60. The smallest absolute Gasteiger partial charge is 0.252 e. The third kappa shape index (κ3) is 3.56. The second kappa shape index (κ2) is 5.17. The maximum Gasteiger partial charge on any atom is 0.252 e. The molecule has 1 aromatic rings. The fraction of sp³-hybridized carbons (Fsp3) is 0.417. The molecule has 0 atom stereocenters. The van der Waals surface area contributed by atoms with Gasteiger partial charge in [-0.3, -0.25) is 4.79 Å². The van der Waals surface area contributed by atoms with Crippen molar-refractivity contribution in [2.75, 3.05) is 6.54 Å². The molecule has 0 aliphatic heterocycles. The van der Waals surface area contributed by atoms with Gasteiger partial charge < -0.3 is 5.32 Å². The number of nitrogens with one attached hydrogen (secondary N) is 1. The lowest BCUT2D eigenvalue weighted by Gasteiger charge is -2.09. The molecule has 2 nitrogen and oxygen atoms in total. The van der Waals surface area contributed by atoms with E-state index in [2.05, 4.69) is 19.2 Å². The molecule has 0 bridgehead atoms. The van der Waals surface area contributed by atoms with E-state index in [1.807, 2.05) is 13.0 Å². The number of amides is 1. The Morgan fingerprint density at radius 3 is 2.67 bits per heavy atom. The number of rotatable bonds is 3. The number of hydrogen-bond acceptors (Lipinski definition) is 1. The molecule has 0 aliphatic rings. The Labute approximate surface area is 95.6 Å². The lowest BCUT2D eigenvalue weighted by molar-refractivity contribution is 0.0949. The van der Waals surface area contributed by atoms with Gasteiger partial charge in [-0.1, -0.05) is 31.5 Å². The van der Waals surface area contributed by atoms with Crippen LogP contribution >= 0.6 is 11.6 Å². The van der Waals surface area contributed by atoms with Crippen molar-refractivity contribution in [3.05, 3.63) is 34.3 Å². The van der Waals surface area contributed by atoms with E-state index in [9.17, 15) is 4.79 Å². The molecule has 0 unspecified atom stereocenters. The maximum atomic E-state index is 11.7. The lowest BCUT2D eigenvalue weighted by atomic mass is 10.1. The standard InChI is InChI=1S/C12H16ClNO/c1-8(2)7-14-12(15)10-5-4-9(3)6-11(10)13/h4-6,8H,7H2,1-3H3,(H,14,15). The third-order valence-corrected chi connectivity index (χ3v) is 2.35. The van der Waals surface area contributed by atoms with Gasteiger partial charge in [0.25, 0.3) is 5.91 Å². The van der Waals surface area contributed by atoms with Gasteiger partial charge in [-0.05, 0) is 30.5 Å². The first kappa shape index (κ1) is 12.1. The Kier molecular flexibility index (Phi) is 4.15. The fourth-order valence-corrected chi connectivity index (χ4v) is 1.52. The van der Waals surface area contributed by atoms with Crippen LogP contribution in [0.25, 0.3) is 0 Å². The largest absolute Gasteiger partial charge is 0.352 e. The number of halogens is 1. The van der Waals surface area contributed by atoms with Gasteiger partial charge in [0, 0.05) is 6.54 Å². The van der Waals surface area contributed by atoms with Crippen LogP contribution < -0.4 is 5.32 Å². The van der Waals surface area contributed by atoms with Crippen LogP contribution in [0.2, 0.25) is 5.02 Å². The normalized spacial score (nSPS) is 10.5. The number of hydrogen-bond donors (Lipinski definition) is 1. The molecule has 0 radical (unpaired) electrons. The van der Waals surface area contributed by atoms with E-state index in [0.717, 1.165) is 5.56 Å². The van der Waals surface area contributed by atoms with Gasteiger partial charge in [0.1, 0.15) is 0 Å². The number of carbonyl (C=O) groups excluding carboxylic acids is 1. The number of aryl methyl sites for hydroxylation is 1. The van der Waals surface area contributed by atoms with Crippen LogP contribution in [-0.2, 0) is 0 Å². The molecule has 0 spiro atoms. The Morgan fingerprint density at radius 2 is 2.13 bits per heavy atom. The van der Waals surface area contributed by atoms with Gasteiger partial charge in [-0.15, -0.1) is 0 Å². The zero-order valence-corrected chi connectivity index (χ0v) is 10.1. The van der Waals surface area contributed by atoms with Crippen LogP contribution in [0, 0.1) is 12.8 Å². The molecule has 1 rings (SSSR count). The fourth-order valence-electron chi connectivity index (χ4n) is 1.20. The zero-order valence-electron chi connectivity index (χ0n) is 9.30. The van der Waals surface area contributed by atoms with Gasteiger partial charge in [0.2, 0.25) is 0 Å². The van der Waals surface area contributed by atoms with Crippen LogP contribution in [0.4, 0.5) is 0 Å². The molecule has 0 aliphatic carbocycles. The van der Waals surface area contributed by atoms with Crippen LogP contribution in [0.1, 0.15) is 29.8 Å². The Bertz CT molecular complexity index is 361. The third-order valence-electron chi connectivity index (χ3n) is 2.04. The van der Waals surface area contributed by atoms with Crippen molar-refractivity contribution in [1.29, 1.82) is 0 Å². The lowest BCUT2D eigenvalue weighted by Crippen LogP contribution is -2.27. The minimum Gasteiger partial charge on any atom is -0.352 e. The highest BCUT2D eigenvalue weighted by atomic mass is 35.5. The van der Waals surface area contributed by atoms with E-state index < -0.39 is 0 Å². The quantitative estimate of drug-likeness (QED) is 0.842. The molecule has 1 N–H and O–H groups in total. The van der Waals surface area contributed by atoms with Crippen molar-refractivity contribution in [1.82, 2.24) is 5.32 Å². The molecule has 0 heterocycles. The number of benzene rings is 1. The molecule has 82 valence electrons. The summed E-state index contributed by atoms with van der Waals surface area (Å²) >= 11 is 5.98. The summed E-state index contributed by atoms with van der Waals surface area (Å²) in [6.45, 7) is 6.72. The summed E-state index contributed by atoms with van der Waals surface area (Å²) in [6, 6.07) is 5.44. The molecule has 0 fully saturated rings. The molecule has 15 heavy (non-hydrogen) atoms. The highest BCUT2D eigenvalue weighted by Gasteiger charge is 2.09. The molecule has 0 aromatic heterocycles. The van der Waals surface area contributed by atoms with E-state index in [1.165, 1.54) is 0 Å². The predicted octanol–water partition coefficient (Wildman–Crippen LogP) is 3.03. The zero-order chi connectivity index (χ0) is 11.4. The summed E-state index contributed by atoms with van der Waals surface area (Å²) in [5, 5.41) is 3.35. The van der Waals surface area contributed by atoms with Crippen LogP contribution in [0.5, 0.6) is 0 Å². The van der Waals surface area contributed by atoms with Crippen LogP contribution in [-0.4, -0.2) is 12.5 Å². The Hall–Kier alpha value is -1.02. The highest BCUT2D eigenvalue weighted by molar-refractivity contribution is 6.33. The topological polar surface area (TPSA) is 29.1 Å². The van der Waals surface area contributed by atoms with E-state index >= 15 is 0 Å². The molecule has 3 heteroatoms. The van der Waals surface area contributed by atoms with Gasteiger partial charge in [0.15, 0.2) is 0 Å². The van der Waals surface area contributed by atoms with Gasteiger partial charge >= 0.3 is 0 Å². The van der Waals surface area contributed by atoms with Gasteiger partial charge in [-0.2, -0.15) is 0 Å². The Balaban J connectivity index is 2.74. The summed E-state index contributed by atoms with van der Waals surface area (Å²) < 4.78 is 0. The highest BCUT2D eigenvalue weighted by Crippen LogP contribution is 2.17. The van der Waals surface area contributed by atoms with Gasteiger partial charge in [0.05, 0.1) is 10.6 Å². The summed E-state index contributed by atoms with van der Waals surface area (Å²) in [7, 11) is 0. The second-order valence-corrected chi connectivity index (χ2v) is 4.49. The molecule has 1 amide bonds. The predicted molar refractivity (Wildman–Crippen MR) is 63.4 cm³/mol. The molecular weight excluding hydrogens is 210 g/mol. The van der Waals surface area contributed by atoms with E-state index in [-0.39, 0.29) is 5.91 Å². The van der Waals surface area contributed by atoms with Gasteiger partial charge in [-0.25, -0.2) is 0 Å². The SMILES string of the molecule is Cc1ccc(C(=O)NCC(C)C)c(Cl)c1. The number of carbonyl (C=O) groups is 1.